The summed E-state index contributed by atoms with van der Waals surface area (Å²) in [5.74, 6) is 2.60. The van der Waals surface area contributed by atoms with Crippen LogP contribution in [0.15, 0.2) is 48.0 Å². The number of thiophene rings is 1. The van der Waals surface area contributed by atoms with Gasteiger partial charge in [-0.2, -0.15) is 0 Å². The van der Waals surface area contributed by atoms with Gasteiger partial charge in [-0.1, -0.05) is 6.92 Å². The Bertz CT molecular complexity index is 1430. The van der Waals surface area contributed by atoms with Gasteiger partial charge in [0.25, 0.3) is 0 Å². The monoisotopic (exact) mass is 564 g/mol. The largest absolute Gasteiger partial charge is 0.492 e. The summed E-state index contributed by atoms with van der Waals surface area (Å²) in [6, 6.07) is 12.2. The highest BCUT2D eigenvalue weighted by molar-refractivity contribution is 7.17. The van der Waals surface area contributed by atoms with E-state index in [0.717, 1.165) is 54.4 Å². The predicted molar refractivity (Wildman–Crippen MR) is 159 cm³/mol. The number of likely N-dealkylation sites (tertiary alicyclic amines) is 1. The van der Waals surface area contributed by atoms with Gasteiger partial charge in [-0.15, -0.1) is 11.3 Å². The highest BCUT2D eigenvalue weighted by atomic mass is 32.1. The number of benzene rings is 1. The van der Waals surface area contributed by atoms with Gasteiger partial charge in [0.2, 0.25) is 0 Å². The molecule has 8 nitrogen and oxygen atoms in total. The molecule has 0 radical (unpaired) electrons. The summed E-state index contributed by atoms with van der Waals surface area (Å²) in [5.41, 5.74) is 2.95. The lowest BCUT2D eigenvalue weighted by molar-refractivity contribution is 0.0252. The van der Waals surface area contributed by atoms with Crippen LogP contribution in [0.1, 0.15) is 52.7 Å². The summed E-state index contributed by atoms with van der Waals surface area (Å²) in [6.07, 6.45) is 5.43. The minimum absolute atomic E-state index is 0.0689. The smallest absolute Gasteiger partial charge is 0.410 e. The summed E-state index contributed by atoms with van der Waals surface area (Å²) in [6.45, 7) is 10.4. The van der Waals surface area contributed by atoms with E-state index < -0.39 is 5.60 Å². The zero-order chi connectivity index (χ0) is 28.3. The van der Waals surface area contributed by atoms with Crippen molar-refractivity contribution in [1.82, 2.24) is 19.0 Å². The summed E-state index contributed by atoms with van der Waals surface area (Å²) < 4.78 is 23.6. The fraction of sp³-hybridized carbons (Fsp3) is 0.484. The van der Waals surface area contributed by atoms with Crippen LogP contribution in [0.3, 0.4) is 0 Å². The summed E-state index contributed by atoms with van der Waals surface area (Å²) in [4.78, 5) is 19.1. The zero-order valence-electron chi connectivity index (χ0n) is 24.2. The summed E-state index contributed by atoms with van der Waals surface area (Å²) >= 11 is 1.75. The number of hydrogen-bond donors (Lipinski definition) is 0. The molecule has 9 heteroatoms. The maximum atomic E-state index is 12.4. The van der Waals surface area contributed by atoms with E-state index in [-0.39, 0.29) is 12.2 Å². The van der Waals surface area contributed by atoms with Crippen LogP contribution in [0.25, 0.3) is 21.7 Å². The van der Waals surface area contributed by atoms with Gasteiger partial charge in [0.05, 0.1) is 28.1 Å². The topological polar surface area (TPSA) is 70.8 Å². The van der Waals surface area contributed by atoms with E-state index in [1.165, 1.54) is 10.2 Å². The average Bonchev–Trinajstić information content (AvgIpc) is 3.56. The molecule has 4 heterocycles. The second-order valence-electron chi connectivity index (χ2n) is 11.3. The number of carbonyl (C=O) groups is 1. The average molecular weight is 565 g/mol. The zero-order valence-corrected chi connectivity index (χ0v) is 25.0. The Kier molecular flexibility index (Phi) is 8.40. The SMILES string of the molecule is CCc1cn(CCOc2ccc(OC3CCCN(C(=O)OC(C)(C)C)CC3)cc2)c(-c2cc3sccc3n2C)n1. The molecule has 1 saturated heterocycles. The molecule has 0 saturated carbocycles. The molecule has 1 aromatic carbocycles. The Labute approximate surface area is 240 Å². The van der Waals surface area contributed by atoms with Crippen molar-refractivity contribution in [1.29, 1.82) is 0 Å². The molecule has 3 aromatic heterocycles. The minimum Gasteiger partial charge on any atom is -0.492 e. The van der Waals surface area contributed by atoms with Gasteiger partial charge in [0.15, 0.2) is 5.82 Å². The molecule has 1 atom stereocenters. The first-order chi connectivity index (χ1) is 19.2. The number of nitrogens with zero attached hydrogens (tertiary/aromatic N) is 4. The van der Waals surface area contributed by atoms with Crippen molar-refractivity contribution in [3.05, 3.63) is 53.7 Å². The van der Waals surface area contributed by atoms with Gasteiger partial charge in [-0.3, -0.25) is 0 Å². The van der Waals surface area contributed by atoms with Crippen molar-refractivity contribution in [2.75, 3.05) is 19.7 Å². The Hall–Kier alpha value is -3.46. The number of aromatic nitrogens is 3. The third-order valence-electron chi connectivity index (χ3n) is 7.14. The lowest BCUT2D eigenvalue weighted by atomic mass is 10.1. The van der Waals surface area contributed by atoms with Crippen LogP contribution in [0.4, 0.5) is 4.79 Å². The Morgan fingerprint density at radius 3 is 2.60 bits per heavy atom. The second-order valence-corrected chi connectivity index (χ2v) is 12.3. The van der Waals surface area contributed by atoms with Crippen molar-refractivity contribution in [2.24, 2.45) is 7.05 Å². The molecule has 1 aliphatic heterocycles. The van der Waals surface area contributed by atoms with Gasteiger partial charge < -0.3 is 28.2 Å². The van der Waals surface area contributed by atoms with Crippen molar-refractivity contribution >= 4 is 27.6 Å². The molecule has 0 N–H and O–H groups in total. The number of rotatable bonds is 8. The number of aryl methyl sites for hydroxylation is 2. The number of imidazole rings is 1. The summed E-state index contributed by atoms with van der Waals surface area (Å²) in [7, 11) is 2.10. The molecule has 214 valence electrons. The van der Waals surface area contributed by atoms with E-state index >= 15 is 0 Å². The summed E-state index contributed by atoms with van der Waals surface area (Å²) in [5, 5.41) is 2.12. The highest BCUT2D eigenvalue weighted by Crippen LogP contribution is 2.30. The lowest BCUT2D eigenvalue weighted by Crippen LogP contribution is -2.37. The number of amides is 1. The van der Waals surface area contributed by atoms with Crippen molar-refractivity contribution in [2.45, 2.75) is 71.6 Å². The Balaban J connectivity index is 1.14. The Morgan fingerprint density at radius 1 is 1.10 bits per heavy atom. The van der Waals surface area contributed by atoms with E-state index in [2.05, 4.69) is 46.8 Å². The lowest BCUT2D eigenvalue weighted by Gasteiger charge is -2.26. The van der Waals surface area contributed by atoms with Gasteiger partial charge in [-0.05, 0) is 81.8 Å². The molecule has 1 fully saturated rings. The number of hydrogen-bond acceptors (Lipinski definition) is 6. The van der Waals surface area contributed by atoms with Gasteiger partial charge in [0.1, 0.15) is 29.8 Å². The molecule has 5 rings (SSSR count). The molecule has 0 spiro atoms. The molecule has 0 bridgehead atoms. The molecule has 4 aromatic rings. The van der Waals surface area contributed by atoms with E-state index in [4.69, 9.17) is 19.2 Å². The van der Waals surface area contributed by atoms with E-state index in [9.17, 15) is 4.79 Å². The third kappa shape index (κ3) is 6.63. The van der Waals surface area contributed by atoms with Crippen LogP contribution in [0.5, 0.6) is 11.5 Å². The molecule has 1 unspecified atom stereocenters. The van der Waals surface area contributed by atoms with Gasteiger partial charge in [-0.25, -0.2) is 9.78 Å². The fourth-order valence-corrected chi connectivity index (χ4v) is 5.89. The van der Waals surface area contributed by atoms with Crippen LogP contribution in [-0.4, -0.2) is 56.5 Å². The molecule has 40 heavy (non-hydrogen) atoms. The third-order valence-corrected chi connectivity index (χ3v) is 7.99. The maximum Gasteiger partial charge on any atom is 0.410 e. The van der Waals surface area contributed by atoms with Crippen molar-refractivity contribution in [3.8, 4) is 23.0 Å². The first-order valence-electron chi connectivity index (χ1n) is 14.2. The number of carbonyl (C=O) groups excluding carboxylic acids is 1. The quantitative estimate of drug-likeness (QED) is 0.233. The minimum atomic E-state index is -0.485. The van der Waals surface area contributed by atoms with E-state index in [1.807, 2.05) is 45.0 Å². The van der Waals surface area contributed by atoms with Crippen LogP contribution < -0.4 is 9.47 Å². The second kappa shape index (κ2) is 12.0. The first-order valence-corrected chi connectivity index (χ1v) is 15.0. The normalized spacial score (nSPS) is 16.2. The fourth-order valence-electron chi connectivity index (χ4n) is 5.04. The standard InChI is InChI=1S/C31H40N4O4S/c1-6-22-21-35(29(32-22)27-20-28-26(33(27)5)14-19-40-28)17-18-37-23-9-11-25(12-10-23)38-24-8-7-15-34(16-13-24)30(36)39-31(2,3)4/h9-12,14,19-21,24H,6-8,13,15-18H2,1-5H3. The number of ether oxygens (including phenoxy) is 3. The van der Waals surface area contributed by atoms with Crippen molar-refractivity contribution in [3.63, 3.8) is 0 Å². The molecule has 0 aliphatic carbocycles. The first kappa shape index (κ1) is 28.1. The van der Waals surface area contributed by atoms with Crippen LogP contribution in [-0.2, 0) is 24.8 Å². The maximum absolute atomic E-state index is 12.4. The molecule has 1 aliphatic rings. The van der Waals surface area contributed by atoms with Gasteiger partial charge >= 0.3 is 6.09 Å². The van der Waals surface area contributed by atoms with Gasteiger partial charge in [0, 0.05) is 32.8 Å². The van der Waals surface area contributed by atoms with E-state index in [0.29, 0.717) is 26.2 Å². The molecule has 1 amide bonds. The molecular formula is C31H40N4O4S. The Morgan fingerprint density at radius 2 is 1.88 bits per heavy atom. The van der Waals surface area contributed by atoms with Crippen LogP contribution in [0, 0.1) is 0 Å². The van der Waals surface area contributed by atoms with Crippen molar-refractivity contribution < 1.29 is 19.0 Å². The van der Waals surface area contributed by atoms with Crippen LogP contribution in [0.2, 0.25) is 0 Å². The van der Waals surface area contributed by atoms with E-state index in [1.54, 1.807) is 16.2 Å². The predicted octanol–water partition coefficient (Wildman–Crippen LogP) is 6.91. The highest BCUT2D eigenvalue weighted by Gasteiger charge is 2.26. The molecular weight excluding hydrogens is 524 g/mol. The number of fused-ring (bicyclic) bond motifs is 1. The van der Waals surface area contributed by atoms with Crippen LogP contribution >= 0.6 is 11.3 Å².